The first-order chi connectivity index (χ1) is 5.00. The lowest BCUT2D eigenvalue weighted by Gasteiger charge is -2.14. The predicted octanol–water partition coefficient (Wildman–Crippen LogP) is -0.648. The highest BCUT2D eigenvalue weighted by Gasteiger charge is 2.20. The van der Waals surface area contributed by atoms with Crippen LogP contribution in [0.2, 0.25) is 0 Å². The minimum atomic E-state index is -2.34. The Labute approximate surface area is 67.4 Å². The third-order valence-electron chi connectivity index (χ3n) is 1.22. The molecule has 0 spiro atoms. The maximum atomic E-state index is 10.8. The van der Waals surface area contributed by atoms with E-state index in [-0.39, 0.29) is 6.42 Å². The molecule has 2 atom stereocenters. The summed E-state index contributed by atoms with van der Waals surface area (Å²) < 4.78 is 19.2. The number of aliphatic hydroxyl groups is 1. The van der Waals surface area contributed by atoms with Gasteiger partial charge in [0.15, 0.2) is 0 Å². The fraction of sp³-hybridized carbons (Fsp3) is 0.800. The number of carbonyl (C=O) groups is 1. The molecule has 0 bridgehead atoms. The molecule has 11 heavy (non-hydrogen) atoms. The summed E-state index contributed by atoms with van der Waals surface area (Å²) in [6, 6.07) is 0. The second-order valence-corrected chi connectivity index (χ2v) is 3.00. The van der Waals surface area contributed by atoms with Crippen LogP contribution in [-0.4, -0.2) is 37.2 Å². The minimum absolute atomic E-state index is 0.236. The standard InChI is InChI=1S/C5H11NO4S/c1-3-4(7)5(8)6(2)11(9)10/h4,7H,3H2,1-2H3,(H,9,10). The Morgan fingerprint density at radius 3 is 2.45 bits per heavy atom. The first-order valence-electron chi connectivity index (χ1n) is 3.07. The molecule has 0 aliphatic rings. The van der Waals surface area contributed by atoms with Gasteiger partial charge in [0, 0.05) is 7.05 Å². The van der Waals surface area contributed by atoms with E-state index in [1.807, 2.05) is 0 Å². The molecule has 2 N–H and O–H groups in total. The maximum absolute atomic E-state index is 10.8. The molecule has 0 aliphatic carbocycles. The van der Waals surface area contributed by atoms with Gasteiger partial charge in [0.25, 0.3) is 17.2 Å². The molecular weight excluding hydrogens is 170 g/mol. The highest BCUT2D eigenvalue weighted by Crippen LogP contribution is 1.97. The van der Waals surface area contributed by atoms with Gasteiger partial charge in [-0.25, -0.2) is 8.51 Å². The summed E-state index contributed by atoms with van der Waals surface area (Å²) in [5.74, 6) is -0.742. The van der Waals surface area contributed by atoms with Crippen LogP contribution >= 0.6 is 0 Å². The van der Waals surface area contributed by atoms with Gasteiger partial charge in [-0.2, -0.15) is 0 Å². The van der Waals surface area contributed by atoms with Crippen LogP contribution in [0.15, 0.2) is 0 Å². The van der Waals surface area contributed by atoms with E-state index in [2.05, 4.69) is 0 Å². The van der Waals surface area contributed by atoms with E-state index in [0.717, 1.165) is 7.05 Å². The molecule has 2 unspecified atom stereocenters. The largest absolute Gasteiger partial charge is 0.383 e. The number of amides is 1. The zero-order chi connectivity index (χ0) is 9.02. The van der Waals surface area contributed by atoms with Crippen molar-refractivity contribution >= 4 is 17.2 Å². The summed E-state index contributed by atoms with van der Waals surface area (Å²) in [6.07, 6.45) is -0.948. The molecule has 0 aromatic rings. The van der Waals surface area contributed by atoms with Crippen LogP contribution in [0.4, 0.5) is 0 Å². The monoisotopic (exact) mass is 181 g/mol. The topological polar surface area (TPSA) is 77.8 Å². The lowest BCUT2D eigenvalue weighted by molar-refractivity contribution is -0.134. The Morgan fingerprint density at radius 2 is 2.18 bits per heavy atom. The van der Waals surface area contributed by atoms with E-state index >= 15 is 0 Å². The lowest BCUT2D eigenvalue weighted by atomic mass is 10.3. The summed E-state index contributed by atoms with van der Waals surface area (Å²) in [6.45, 7) is 1.61. The Bertz CT molecular complexity index is 172. The Morgan fingerprint density at radius 1 is 1.73 bits per heavy atom. The van der Waals surface area contributed by atoms with Crippen molar-refractivity contribution in [1.82, 2.24) is 4.31 Å². The number of hydrogen-bond donors (Lipinski definition) is 2. The second kappa shape index (κ2) is 4.42. The molecular formula is C5H11NO4S. The molecule has 0 fully saturated rings. The quantitative estimate of drug-likeness (QED) is 0.567. The molecule has 6 heteroatoms. The third-order valence-corrected chi connectivity index (χ3v) is 1.86. The smallest absolute Gasteiger partial charge is 0.264 e. The van der Waals surface area contributed by atoms with Crippen molar-refractivity contribution in [3.8, 4) is 0 Å². The van der Waals surface area contributed by atoms with Crippen molar-refractivity contribution in [3.63, 3.8) is 0 Å². The van der Waals surface area contributed by atoms with Crippen molar-refractivity contribution in [3.05, 3.63) is 0 Å². The van der Waals surface area contributed by atoms with Gasteiger partial charge in [0.05, 0.1) is 0 Å². The molecule has 0 aromatic heterocycles. The highest BCUT2D eigenvalue weighted by atomic mass is 32.2. The lowest BCUT2D eigenvalue weighted by Crippen LogP contribution is -2.36. The predicted molar refractivity (Wildman–Crippen MR) is 39.8 cm³/mol. The van der Waals surface area contributed by atoms with Gasteiger partial charge < -0.3 is 5.11 Å². The van der Waals surface area contributed by atoms with Gasteiger partial charge >= 0.3 is 0 Å². The van der Waals surface area contributed by atoms with Gasteiger partial charge in [-0.15, -0.1) is 0 Å². The van der Waals surface area contributed by atoms with Crippen molar-refractivity contribution < 1.29 is 18.7 Å². The fourth-order valence-electron chi connectivity index (χ4n) is 0.461. The van der Waals surface area contributed by atoms with Crippen molar-refractivity contribution in [2.75, 3.05) is 7.05 Å². The van der Waals surface area contributed by atoms with Crippen LogP contribution in [0, 0.1) is 0 Å². The number of nitrogens with zero attached hydrogens (tertiary/aromatic N) is 1. The van der Waals surface area contributed by atoms with Gasteiger partial charge in [-0.3, -0.25) is 9.35 Å². The van der Waals surface area contributed by atoms with E-state index in [9.17, 15) is 9.00 Å². The van der Waals surface area contributed by atoms with E-state index in [4.69, 9.17) is 9.66 Å². The Kier molecular flexibility index (Phi) is 4.24. The van der Waals surface area contributed by atoms with Gasteiger partial charge in [0.2, 0.25) is 0 Å². The average Bonchev–Trinajstić information content (AvgIpc) is 2.00. The van der Waals surface area contributed by atoms with E-state index in [1.165, 1.54) is 0 Å². The normalized spacial score (nSPS) is 15.6. The number of aliphatic hydroxyl groups excluding tert-OH is 1. The number of rotatable bonds is 3. The van der Waals surface area contributed by atoms with Crippen LogP contribution < -0.4 is 0 Å². The van der Waals surface area contributed by atoms with Gasteiger partial charge in [0.1, 0.15) is 6.10 Å². The molecule has 0 heterocycles. The van der Waals surface area contributed by atoms with Crippen LogP contribution in [0.3, 0.4) is 0 Å². The van der Waals surface area contributed by atoms with Crippen molar-refractivity contribution in [2.24, 2.45) is 0 Å². The molecule has 5 nitrogen and oxygen atoms in total. The number of hydrogen-bond acceptors (Lipinski definition) is 3. The number of carbonyl (C=O) groups excluding carboxylic acids is 1. The van der Waals surface area contributed by atoms with Crippen LogP contribution in [-0.2, 0) is 16.1 Å². The third kappa shape index (κ3) is 2.96. The fourth-order valence-corrected chi connectivity index (χ4v) is 0.737. The molecule has 1 amide bonds. The molecule has 0 rings (SSSR count). The summed E-state index contributed by atoms with van der Waals surface area (Å²) >= 11 is -2.34. The van der Waals surface area contributed by atoms with Crippen molar-refractivity contribution in [2.45, 2.75) is 19.4 Å². The zero-order valence-electron chi connectivity index (χ0n) is 6.35. The number of likely N-dealkylation sites (N-methyl/N-ethyl adjacent to an activating group) is 1. The minimum Gasteiger partial charge on any atom is -0.383 e. The maximum Gasteiger partial charge on any atom is 0.264 e. The molecule has 66 valence electrons. The Hall–Kier alpha value is -0.460. The first kappa shape index (κ1) is 10.5. The second-order valence-electron chi connectivity index (χ2n) is 1.99. The summed E-state index contributed by atoms with van der Waals surface area (Å²) in [4.78, 5) is 10.8. The van der Waals surface area contributed by atoms with E-state index in [0.29, 0.717) is 4.31 Å². The van der Waals surface area contributed by atoms with Crippen molar-refractivity contribution in [1.29, 1.82) is 0 Å². The first-order valence-corrected chi connectivity index (χ1v) is 4.13. The van der Waals surface area contributed by atoms with Gasteiger partial charge in [-0.05, 0) is 6.42 Å². The average molecular weight is 181 g/mol. The highest BCUT2D eigenvalue weighted by molar-refractivity contribution is 7.77. The molecule has 0 saturated heterocycles. The van der Waals surface area contributed by atoms with Gasteiger partial charge in [-0.1, -0.05) is 6.92 Å². The van der Waals surface area contributed by atoms with Crippen LogP contribution in [0.5, 0.6) is 0 Å². The SMILES string of the molecule is CCC(O)C(=O)N(C)S(=O)O. The van der Waals surface area contributed by atoms with Crippen LogP contribution in [0.25, 0.3) is 0 Å². The van der Waals surface area contributed by atoms with E-state index in [1.54, 1.807) is 6.92 Å². The van der Waals surface area contributed by atoms with Crippen LogP contribution in [0.1, 0.15) is 13.3 Å². The molecule has 0 saturated carbocycles. The summed E-state index contributed by atoms with van der Waals surface area (Å²) in [5.41, 5.74) is 0. The molecule has 0 aliphatic heterocycles. The molecule has 0 radical (unpaired) electrons. The zero-order valence-corrected chi connectivity index (χ0v) is 7.17. The Balaban J connectivity index is 4.13. The molecule has 0 aromatic carbocycles. The summed E-state index contributed by atoms with van der Waals surface area (Å²) in [5, 5.41) is 8.91. The van der Waals surface area contributed by atoms with E-state index < -0.39 is 23.3 Å². The summed E-state index contributed by atoms with van der Waals surface area (Å²) in [7, 11) is 1.15.